The molecule has 18 N–H and O–H groups in total. The first-order valence-electron chi connectivity index (χ1n) is 13.2. The fourth-order valence-corrected chi connectivity index (χ4v) is 3.94. The molecule has 2 aliphatic rings. The van der Waals surface area contributed by atoms with Crippen LogP contribution in [0, 0.1) is 130 Å². The van der Waals surface area contributed by atoms with Crippen molar-refractivity contribution < 1.29 is 178 Å². The van der Waals surface area contributed by atoms with Gasteiger partial charge >= 0.3 is 0 Å². The van der Waals surface area contributed by atoms with Crippen molar-refractivity contribution in [2.75, 3.05) is 19.6 Å². The summed E-state index contributed by atoms with van der Waals surface area (Å²) in [5.41, 5.74) is 1.22. The summed E-state index contributed by atoms with van der Waals surface area (Å²) in [7, 11) is 0. The van der Waals surface area contributed by atoms with E-state index in [0.717, 1.165) is 12.5 Å². The third-order valence-corrected chi connectivity index (χ3v) is 6.17. The van der Waals surface area contributed by atoms with Crippen LogP contribution in [0.1, 0.15) is 48.4 Å². The number of rotatable bonds is 4. The summed E-state index contributed by atoms with van der Waals surface area (Å²) in [6.07, 6.45) is 3.78. The monoisotopic (exact) mass is 1100 g/mol. The Morgan fingerprint density at radius 1 is 0.580 bits per heavy atom. The van der Waals surface area contributed by atoms with Crippen molar-refractivity contribution in [1.82, 2.24) is 5.32 Å². The molecule has 1 saturated heterocycles. The number of halogens is 3. The number of nitrogens with one attached hydrogen (secondary N) is 1. The maximum Gasteiger partial charge on any atom is 0.181 e. The zero-order valence-corrected chi connectivity index (χ0v) is 38.0. The first kappa shape index (κ1) is 64.8. The molecule has 1 fully saturated rings. The third kappa shape index (κ3) is 25.0. The second kappa shape index (κ2) is 37.2. The van der Waals surface area contributed by atoms with Crippen LogP contribution in [-0.2, 0) is 5.48 Å². The number of piperidine rings is 1. The van der Waals surface area contributed by atoms with E-state index in [9.17, 15) is 13.2 Å². The third-order valence-electron chi connectivity index (χ3n) is 6.17. The van der Waals surface area contributed by atoms with Crippen molar-refractivity contribution in [3.63, 3.8) is 0 Å². The largest absolute Gasteiger partial charge is 0.687 e. The van der Waals surface area contributed by atoms with Gasteiger partial charge < -0.3 is 68.7 Å². The summed E-state index contributed by atoms with van der Waals surface area (Å²) in [6.45, 7) is 3.23. The van der Waals surface area contributed by atoms with Gasteiger partial charge in [0.15, 0.2) is 18.9 Å². The fourth-order valence-electron chi connectivity index (χ4n) is 3.94. The van der Waals surface area contributed by atoms with Gasteiger partial charge in [0.25, 0.3) is 0 Å². The smallest absolute Gasteiger partial charge is 0.181 e. The minimum absolute atomic E-state index is 0. The Bertz CT molecular complexity index is 1180. The number of benzene rings is 3. The summed E-state index contributed by atoms with van der Waals surface area (Å²) in [6, 6.07) is 16.6. The summed E-state index contributed by atoms with van der Waals surface area (Å²) in [5, 5.41) is 58.6. The van der Waals surface area contributed by atoms with Crippen molar-refractivity contribution in [3.05, 3.63) is 136 Å². The van der Waals surface area contributed by atoms with Crippen molar-refractivity contribution in [2.45, 2.75) is 31.7 Å². The Hall–Kier alpha value is -0.166. The van der Waals surface area contributed by atoms with E-state index in [1.165, 1.54) is 104 Å². The van der Waals surface area contributed by atoms with Gasteiger partial charge in [0.2, 0.25) is 0 Å². The molecule has 0 atom stereocenters. The molecule has 2 aliphatic heterocycles. The van der Waals surface area contributed by atoms with Crippen LogP contribution in [0.15, 0.2) is 96.7 Å². The maximum absolute atomic E-state index is 12.5. The molecule has 3 aromatic rings. The Balaban J connectivity index is -0.0000000939. The van der Waals surface area contributed by atoms with E-state index in [2.05, 4.69) is 22.8 Å². The van der Waals surface area contributed by atoms with E-state index >= 15 is 0 Å². The maximum atomic E-state index is 12.5. The minimum atomic E-state index is -1.72. The molecule has 0 unspecified atom stereocenters. The normalized spacial score (nSPS) is 12.2. The number of aliphatic hydroxyl groups is 6. The van der Waals surface area contributed by atoms with Crippen LogP contribution in [-0.4, -0.2) is 72.2 Å². The first-order valence-corrected chi connectivity index (χ1v) is 13.2. The molecule has 19 heteroatoms. The molecule has 13 nitrogen and oxygen atoms in total. The Kier molecular flexibility index (Phi) is 48.1. The molecule has 0 bridgehead atoms. The zero-order chi connectivity index (χ0) is 30.9. The molecule has 0 saturated carbocycles. The van der Waals surface area contributed by atoms with Gasteiger partial charge in [-0.25, -0.2) is 13.2 Å². The molecule has 0 amide bonds. The van der Waals surface area contributed by atoms with Crippen LogP contribution in [0.25, 0.3) is 5.32 Å². The molecule has 3 aromatic carbocycles. The molecule has 5 rings (SSSR count). The van der Waals surface area contributed by atoms with Crippen molar-refractivity contribution in [3.8, 4) is 0 Å². The minimum Gasteiger partial charge on any atom is -0.687 e. The van der Waals surface area contributed by atoms with Gasteiger partial charge in [0.1, 0.15) is 17.5 Å². The molecule has 0 aromatic heterocycles. The quantitative estimate of drug-likeness (QED) is 0.139. The Labute approximate surface area is 372 Å². The van der Waals surface area contributed by atoms with Gasteiger partial charge in [-0.05, 0) is 50.0 Å². The number of allylic oxidation sites excluding steroid dienone is 2. The molecule has 2 heterocycles. The Morgan fingerprint density at radius 2 is 0.900 bits per heavy atom. The van der Waals surface area contributed by atoms with E-state index < -0.39 is 36.3 Å². The van der Waals surface area contributed by atoms with Gasteiger partial charge in [-0.1, -0.05) is 72.3 Å². The number of hydrogen-bond acceptors (Lipinski definition) is 7. The van der Waals surface area contributed by atoms with E-state index in [1.807, 2.05) is 6.20 Å². The molecular weight excluding hydrogens is 1050 g/mol. The van der Waals surface area contributed by atoms with E-state index in [-0.39, 0.29) is 151 Å². The van der Waals surface area contributed by atoms with Crippen LogP contribution in [0.2, 0.25) is 0 Å². The Morgan fingerprint density at radius 3 is 1.14 bits per heavy atom. The van der Waals surface area contributed by atoms with Crippen LogP contribution in [0.5, 0.6) is 0 Å². The summed E-state index contributed by atoms with van der Waals surface area (Å²) in [5.74, 6) is -1.01. The van der Waals surface area contributed by atoms with Gasteiger partial charge in [-0.15, -0.1) is 6.54 Å². The topological polar surface area (TPSA) is 307 Å². The summed E-state index contributed by atoms with van der Waals surface area (Å²) in [4.78, 5) is 0. The van der Waals surface area contributed by atoms with Gasteiger partial charge in [-0.2, -0.15) is 6.20 Å². The van der Waals surface area contributed by atoms with E-state index in [0.29, 0.717) is 0 Å². The van der Waals surface area contributed by atoms with Crippen molar-refractivity contribution in [1.29, 1.82) is 0 Å². The van der Waals surface area contributed by atoms with E-state index in [4.69, 9.17) is 30.6 Å². The average molecular weight is 1100 g/mol. The second-order valence-corrected chi connectivity index (χ2v) is 9.09. The standard InChI is InChI=1S/C10H15N2.3C7H7FO2.3La.5H2O/c1-5-11-6-2-9(1)10-3-7-12-8-4-10;3*8-6-4-2-1-3-5(6)7(9)10;;;;;;;;/h1-2,5,10,12H,3-4,6-8H2;3*1-4,7,9-10H;;;;5*1H2/q-1;;;;;;;;;;;/p+1. The van der Waals surface area contributed by atoms with Crippen LogP contribution in [0.4, 0.5) is 13.2 Å². The summed E-state index contributed by atoms with van der Waals surface area (Å²) >= 11 is 0. The molecular formula is C31H47F3La3N2O11. The summed E-state index contributed by atoms with van der Waals surface area (Å²) < 4.78 is 37.6. The number of aliphatic hydroxyl groups excluding tert-OH is 3. The molecule has 0 aliphatic carbocycles. The fraction of sp³-hybridized carbons (Fsp3) is 0.290. The molecule has 3 radical (unpaired) electrons. The first-order chi connectivity index (χ1) is 20.1. The SMILES string of the molecule is C1=CC(C2CCNCC2)=CC[N-]1.O.O.O.O.OC(O)c1ccccc1F.OC(O)c1ccccc1F.OC(O)c1ccccc1F.[La].[La].[La].[OH3+]. The molecule has 50 heavy (non-hydrogen) atoms. The van der Waals surface area contributed by atoms with Crippen LogP contribution < -0.4 is 5.32 Å². The van der Waals surface area contributed by atoms with Gasteiger partial charge in [0.05, 0.1) is 0 Å². The number of nitrogens with zero attached hydrogens (tertiary/aromatic N) is 1. The van der Waals surface area contributed by atoms with E-state index in [1.54, 1.807) is 0 Å². The van der Waals surface area contributed by atoms with Gasteiger partial charge in [-0.3, -0.25) is 0 Å². The van der Waals surface area contributed by atoms with Crippen molar-refractivity contribution in [2.24, 2.45) is 5.92 Å². The van der Waals surface area contributed by atoms with Crippen LogP contribution >= 0.6 is 0 Å². The predicted molar refractivity (Wildman–Crippen MR) is 171 cm³/mol. The van der Waals surface area contributed by atoms with Crippen LogP contribution in [0.3, 0.4) is 0 Å². The average Bonchev–Trinajstić information content (AvgIpc) is 2.99. The predicted octanol–water partition coefficient (Wildman–Crippen LogP) is 0.0194. The van der Waals surface area contributed by atoms with Gasteiger partial charge in [0, 0.05) is 123 Å². The number of hydrogen-bond donors (Lipinski definition) is 7. The second-order valence-electron chi connectivity index (χ2n) is 9.09. The molecule has 277 valence electrons. The molecule has 0 spiro atoms. The zero-order valence-electron chi connectivity index (χ0n) is 27.1. The van der Waals surface area contributed by atoms with Crippen molar-refractivity contribution >= 4 is 0 Å².